The second-order valence-electron chi connectivity index (χ2n) is 6.61. The van der Waals surface area contributed by atoms with E-state index in [1.54, 1.807) is 7.11 Å². The lowest BCUT2D eigenvalue weighted by atomic mass is 10.1. The van der Waals surface area contributed by atoms with Gasteiger partial charge < -0.3 is 14.5 Å². The first-order valence-corrected chi connectivity index (χ1v) is 9.02. The van der Waals surface area contributed by atoms with Crippen LogP contribution in [0.2, 0.25) is 0 Å². The number of piperazine rings is 1. The monoisotopic (exact) mass is 407 g/mol. The number of hydrogen-bond acceptors (Lipinski definition) is 4. The molecule has 0 N–H and O–H groups in total. The zero-order valence-electron chi connectivity index (χ0n) is 15.8. The predicted molar refractivity (Wildman–Crippen MR) is 99.5 cm³/mol. The van der Waals surface area contributed by atoms with Gasteiger partial charge in [-0.2, -0.15) is 13.2 Å². The third-order valence-corrected chi connectivity index (χ3v) is 4.71. The fourth-order valence-electron chi connectivity index (χ4n) is 3.10. The zero-order chi connectivity index (χ0) is 21.0. The van der Waals surface area contributed by atoms with Crippen molar-refractivity contribution in [2.45, 2.75) is 19.0 Å². The molecule has 1 fully saturated rings. The maximum atomic E-state index is 12.8. The number of carbonyl (C=O) groups is 2. The second kappa shape index (κ2) is 8.50. The van der Waals surface area contributed by atoms with Gasteiger partial charge >= 0.3 is 6.18 Å². The molecular formula is C20H20F3N3O3. The summed E-state index contributed by atoms with van der Waals surface area (Å²) in [4.78, 5) is 30.9. The van der Waals surface area contributed by atoms with E-state index in [9.17, 15) is 22.8 Å². The Kier molecular flexibility index (Phi) is 6.05. The average molecular weight is 407 g/mol. The minimum atomic E-state index is -4.59. The standard InChI is InChI=1S/C20H20F3N3O3/c1-29-16-5-2-14(3-6-16)4-7-18(27)25-10-11-26(19(28)13-25)15-8-9-24-17(12-15)20(21,22)23/h2-3,5-6,8-9,12H,4,7,10-11,13H2,1H3. The number of aryl methyl sites for hydroxylation is 1. The molecule has 9 heteroatoms. The minimum Gasteiger partial charge on any atom is -0.497 e. The van der Waals surface area contributed by atoms with Gasteiger partial charge in [0.2, 0.25) is 11.8 Å². The summed E-state index contributed by atoms with van der Waals surface area (Å²) < 4.78 is 43.6. The van der Waals surface area contributed by atoms with Crippen LogP contribution in [0, 0.1) is 0 Å². The van der Waals surface area contributed by atoms with Gasteiger partial charge in [-0.25, -0.2) is 0 Å². The summed E-state index contributed by atoms with van der Waals surface area (Å²) in [6.45, 7) is 0.233. The van der Waals surface area contributed by atoms with Crippen LogP contribution in [0.15, 0.2) is 42.6 Å². The Balaban J connectivity index is 1.58. The van der Waals surface area contributed by atoms with E-state index >= 15 is 0 Å². The molecule has 0 atom stereocenters. The largest absolute Gasteiger partial charge is 0.497 e. The van der Waals surface area contributed by atoms with Crippen LogP contribution in [0.4, 0.5) is 18.9 Å². The first-order valence-electron chi connectivity index (χ1n) is 9.02. The molecule has 1 aromatic heterocycles. The van der Waals surface area contributed by atoms with Crippen LogP contribution >= 0.6 is 0 Å². The highest BCUT2D eigenvalue weighted by atomic mass is 19.4. The van der Waals surface area contributed by atoms with Gasteiger partial charge in [0.25, 0.3) is 0 Å². The lowest BCUT2D eigenvalue weighted by Crippen LogP contribution is -2.52. The Morgan fingerprint density at radius 3 is 2.52 bits per heavy atom. The van der Waals surface area contributed by atoms with Gasteiger partial charge in [0.1, 0.15) is 18.0 Å². The second-order valence-corrected chi connectivity index (χ2v) is 6.61. The number of ether oxygens (including phenoxy) is 1. The van der Waals surface area contributed by atoms with Crippen molar-refractivity contribution in [1.82, 2.24) is 9.88 Å². The summed E-state index contributed by atoms with van der Waals surface area (Å²) in [7, 11) is 1.57. The first-order chi connectivity index (χ1) is 13.8. The van der Waals surface area contributed by atoms with Crippen molar-refractivity contribution in [2.24, 2.45) is 0 Å². The number of rotatable bonds is 5. The molecule has 1 aliphatic rings. The van der Waals surface area contributed by atoms with Gasteiger partial charge in [-0.05, 0) is 36.2 Å². The normalized spacial score (nSPS) is 14.8. The van der Waals surface area contributed by atoms with Gasteiger partial charge in [-0.15, -0.1) is 0 Å². The zero-order valence-corrected chi connectivity index (χ0v) is 15.8. The number of carbonyl (C=O) groups excluding carboxylic acids is 2. The number of pyridine rings is 1. The Labute approximate surface area is 165 Å². The van der Waals surface area contributed by atoms with E-state index in [4.69, 9.17) is 4.74 Å². The van der Waals surface area contributed by atoms with E-state index in [2.05, 4.69) is 4.98 Å². The van der Waals surface area contributed by atoms with Crippen LogP contribution in [-0.4, -0.2) is 48.4 Å². The number of nitrogens with zero attached hydrogens (tertiary/aromatic N) is 3. The average Bonchev–Trinajstić information content (AvgIpc) is 2.71. The van der Waals surface area contributed by atoms with Crippen molar-refractivity contribution in [3.63, 3.8) is 0 Å². The van der Waals surface area contributed by atoms with Gasteiger partial charge in [-0.1, -0.05) is 12.1 Å². The Morgan fingerprint density at radius 1 is 1.17 bits per heavy atom. The lowest BCUT2D eigenvalue weighted by molar-refractivity contribution is -0.141. The minimum absolute atomic E-state index is 0.127. The SMILES string of the molecule is COc1ccc(CCC(=O)N2CCN(c3ccnc(C(F)(F)F)c3)C(=O)C2)cc1. The molecule has 0 radical (unpaired) electrons. The number of alkyl halides is 3. The van der Waals surface area contributed by atoms with Crippen molar-refractivity contribution < 1.29 is 27.5 Å². The van der Waals surface area contributed by atoms with Crippen LogP contribution in [0.5, 0.6) is 5.75 Å². The van der Waals surface area contributed by atoms with E-state index in [0.29, 0.717) is 6.42 Å². The smallest absolute Gasteiger partial charge is 0.433 e. The molecular weight excluding hydrogens is 387 g/mol. The fourth-order valence-corrected chi connectivity index (χ4v) is 3.10. The molecule has 1 aliphatic heterocycles. The molecule has 154 valence electrons. The van der Waals surface area contributed by atoms with Gasteiger partial charge in [0.15, 0.2) is 0 Å². The molecule has 0 spiro atoms. The molecule has 0 bridgehead atoms. The highest BCUT2D eigenvalue weighted by Gasteiger charge is 2.34. The first kappa shape index (κ1) is 20.6. The topological polar surface area (TPSA) is 62.7 Å². The summed E-state index contributed by atoms with van der Waals surface area (Å²) in [5.41, 5.74) is 0.0454. The predicted octanol–water partition coefficient (Wildman–Crippen LogP) is 2.92. The third-order valence-electron chi connectivity index (χ3n) is 4.71. The van der Waals surface area contributed by atoms with Crippen molar-refractivity contribution in [3.05, 3.63) is 53.9 Å². The highest BCUT2D eigenvalue weighted by molar-refractivity contribution is 5.97. The maximum absolute atomic E-state index is 12.8. The maximum Gasteiger partial charge on any atom is 0.433 e. The summed E-state index contributed by atoms with van der Waals surface area (Å²) in [5.74, 6) is 0.138. The van der Waals surface area contributed by atoms with E-state index in [0.717, 1.165) is 23.6 Å². The van der Waals surface area contributed by atoms with Crippen molar-refractivity contribution in [3.8, 4) is 5.75 Å². The van der Waals surface area contributed by atoms with Crippen molar-refractivity contribution in [1.29, 1.82) is 0 Å². The Morgan fingerprint density at radius 2 is 1.90 bits per heavy atom. The molecule has 6 nitrogen and oxygen atoms in total. The number of amides is 2. The summed E-state index contributed by atoms with van der Waals surface area (Å²) >= 11 is 0. The molecule has 2 aromatic rings. The molecule has 1 aromatic carbocycles. The third kappa shape index (κ3) is 5.04. The number of hydrogen-bond donors (Lipinski definition) is 0. The molecule has 0 saturated carbocycles. The summed E-state index contributed by atoms with van der Waals surface area (Å²) in [5, 5.41) is 0. The number of aromatic nitrogens is 1. The van der Waals surface area contributed by atoms with Gasteiger partial charge in [-0.3, -0.25) is 14.6 Å². The Bertz CT molecular complexity index is 885. The van der Waals surface area contributed by atoms with E-state index in [-0.39, 0.29) is 37.6 Å². The molecule has 0 unspecified atom stereocenters. The molecule has 29 heavy (non-hydrogen) atoms. The molecule has 2 heterocycles. The van der Waals surface area contributed by atoms with Crippen molar-refractivity contribution in [2.75, 3.05) is 31.6 Å². The van der Waals surface area contributed by atoms with Crippen molar-refractivity contribution >= 4 is 17.5 Å². The van der Waals surface area contributed by atoms with Crippen LogP contribution in [0.3, 0.4) is 0 Å². The molecule has 0 aliphatic carbocycles. The molecule has 1 saturated heterocycles. The number of anilines is 1. The van der Waals surface area contributed by atoms with E-state index < -0.39 is 17.8 Å². The van der Waals surface area contributed by atoms with Gasteiger partial charge in [0, 0.05) is 31.4 Å². The van der Waals surface area contributed by atoms with E-state index in [1.165, 1.54) is 15.9 Å². The van der Waals surface area contributed by atoms with Crippen LogP contribution in [-0.2, 0) is 22.2 Å². The number of methoxy groups -OCH3 is 1. The molecule has 2 amide bonds. The highest BCUT2D eigenvalue weighted by Crippen LogP contribution is 2.30. The number of halogens is 3. The number of benzene rings is 1. The van der Waals surface area contributed by atoms with Crippen LogP contribution in [0.25, 0.3) is 0 Å². The summed E-state index contributed by atoms with van der Waals surface area (Å²) in [6, 6.07) is 9.57. The molecule has 3 rings (SSSR count). The summed E-state index contributed by atoms with van der Waals surface area (Å²) in [6.07, 6.45) is -2.79. The Hall–Kier alpha value is -3.10. The lowest BCUT2D eigenvalue weighted by Gasteiger charge is -2.34. The van der Waals surface area contributed by atoms with E-state index in [1.807, 2.05) is 24.3 Å². The van der Waals surface area contributed by atoms with Crippen LogP contribution < -0.4 is 9.64 Å². The quantitative estimate of drug-likeness (QED) is 0.765. The fraction of sp³-hybridized carbons (Fsp3) is 0.350. The van der Waals surface area contributed by atoms with Gasteiger partial charge in [0.05, 0.1) is 7.11 Å². The van der Waals surface area contributed by atoms with Crippen LogP contribution in [0.1, 0.15) is 17.7 Å².